The number of rotatable bonds is 9. The predicted octanol–water partition coefficient (Wildman–Crippen LogP) is 4.91. The zero-order chi connectivity index (χ0) is 23.6. The number of carbonyl (C=O) groups is 1. The molecule has 1 amide bonds. The second-order valence-corrected chi connectivity index (χ2v) is 10.7. The molecule has 0 aliphatic heterocycles. The summed E-state index contributed by atoms with van der Waals surface area (Å²) < 4.78 is 31.9. The Morgan fingerprint density at radius 1 is 1.06 bits per heavy atom. The molecular weight excluding hydrogens is 436 g/mol. The molecular formula is C26H30N2O4S. The van der Waals surface area contributed by atoms with E-state index in [0.29, 0.717) is 17.9 Å². The van der Waals surface area contributed by atoms with Crippen molar-refractivity contribution >= 4 is 38.1 Å². The van der Waals surface area contributed by atoms with Crippen molar-refractivity contribution in [3.8, 4) is 5.75 Å². The number of ether oxygens (including phenoxy) is 1. The molecule has 0 radical (unpaired) electrons. The van der Waals surface area contributed by atoms with Crippen molar-refractivity contribution in [1.29, 1.82) is 0 Å². The molecule has 33 heavy (non-hydrogen) atoms. The molecule has 4 rings (SSSR count). The third-order valence-electron chi connectivity index (χ3n) is 5.79. The zero-order valence-corrected chi connectivity index (χ0v) is 20.1. The Hall–Kier alpha value is -3.06. The van der Waals surface area contributed by atoms with Crippen LogP contribution in [0.2, 0.25) is 0 Å². The van der Waals surface area contributed by atoms with Crippen molar-refractivity contribution in [2.45, 2.75) is 45.6 Å². The van der Waals surface area contributed by atoms with E-state index in [1.807, 2.05) is 32.0 Å². The maximum absolute atomic E-state index is 12.7. The maximum Gasteiger partial charge on any atom is 0.232 e. The van der Waals surface area contributed by atoms with Crippen LogP contribution in [0, 0.1) is 0 Å². The molecule has 1 aliphatic rings. The van der Waals surface area contributed by atoms with Gasteiger partial charge in [0.05, 0.1) is 18.0 Å². The van der Waals surface area contributed by atoms with Crippen LogP contribution in [0.1, 0.15) is 37.8 Å². The van der Waals surface area contributed by atoms with E-state index in [0.717, 1.165) is 23.9 Å². The monoisotopic (exact) mass is 466 g/mol. The topological polar surface area (TPSA) is 75.7 Å². The molecule has 0 bridgehead atoms. The van der Waals surface area contributed by atoms with E-state index in [-0.39, 0.29) is 25.0 Å². The lowest BCUT2D eigenvalue weighted by Gasteiger charge is -2.23. The molecule has 0 saturated carbocycles. The van der Waals surface area contributed by atoms with E-state index < -0.39 is 10.0 Å². The van der Waals surface area contributed by atoms with E-state index in [9.17, 15) is 13.2 Å². The smallest absolute Gasteiger partial charge is 0.232 e. The van der Waals surface area contributed by atoms with Crippen molar-refractivity contribution in [3.63, 3.8) is 0 Å². The minimum Gasteiger partial charge on any atom is -0.491 e. The van der Waals surface area contributed by atoms with Crippen LogP contribution in [0.3, 0.4) is 0 Å². The van der Waals surface area contributed by atoms with Crippen molar-refractivity contribution in [2.75, 3.05) is 22.4 Å². The molecule has 1 aliphatic carbocycles. The fourth-order valence-corrected chi connectivity index (χ4v) is 5.38. The summed E-state index contributed by atoms with van der Waals surface area (Å²) in [4.78, 5) is 12.7. The van der Waals surface area contributed by atoms with Gasteiger partial charge in [-0.25, -0.2) is 8.42 Å². The largest absolute Gasteiger partial charge is 0.491 e. The van der Waals surface area contributed by atoms with Crippen LogP contribution in [-0.4, -0.2) is 33.2 Å². The van der Waals surface area contributed by atoms with Crippen LogP contribution in [0.25, 0.3) is 10.8 Å². The van der Waals surface area contributed by atoms with Crippen LogP contribution in [-0.2, 0) is 27.7 Å². The van der Waals surface area contributed by atoms with E-state index >= 15 is 0 Å². The van der Waals surface area contributed by atoms with Gasteiger partial charge in [-0.15, -0.1) is 0 Å². The number of aryl methyl sites for hydroxylation is 2. The number of sulfonamides is 1. The van der Waals surface area contributed by atoms with Gasteiger partial charge in [-0.3, -0.25) is 9.10 Å². The molecule has 6 nitrogen and oxygen atoms in total. The van der Waals surface area contributed by atoms with Gasteiger partial charge >= 0.3 is 0 Å². The Balaban J connectivity index is 1.42. The lowest BCUT2D eigenvalue weighted by atomic mass is 10.0. The highest BCUT2D eigenvalue weighted by atomic mass is 32.2. The summed E-state index contributed by atoms with van der Waals surface area (Å²) in [7, 11) is -3.51. The molecule has 3 aromatic carbocycles. The average molecular weight is 467 g/mol. The standard InChI is InChI=1S/C26H30N2O4S/c1-18(2)32-22-9-5-8-21(17-22)28(33(3,30)31)16-6-11-25(29)27-24-15-14-20-13-12-19-7-4-10-23(24)26(19)20/h4-5,7-10,14-15,17-18H,6,11-13,16H2,1-3H3,(H,27,29). The van der Waals surface area contributed by atoms with Crippen molar-refractivity contribution in [3.05, 3.63) is 65.7 Å². The number of carbonyl (C=O) groups excluding carboxylic acids is 1. The Morgan fingerprint density at radius 2 is 1.79 bits per heavy atom. The Morgan fingerprint density at radius 3 is 2.52 bits per heavy atom. The lowest BCUT2D eigenvalue weighted by Crippen LogP contribution is -2.31. The predicted molar refractivity (Wildman–Crippen MR) is 134 cm³/mol. The average Bonchev–Trinajstić information content (AvgIpc) is 3.17. The van der Waals surface area contributed by atoms with E-state index in [2.05, 4.69) is 17.4 Å². The van der Waals surface area contributed by atoms with Crippen molar-refractivity contribution < 1.29 is 17.9 Å². The molecule has 174 valence electrons. The number of amides is 1. The summed E-state index contributed by atoms with van der Waals surface area (Å²) in [5.74, 6) is 0.486. The summed E-state index contributed by atoms with van der Waals surface area (Å²) in [5.41, 5.74) is 3.99. The summed E-state index contributed by atoms with van der Waals surface area (Å²) >= 11 is 0. The number of hydrogen-bond donors (Lipinski definition) is 1. The fraction of sp³-hybridized carbons (Fsp3) is 0.346. The maximum atomic E-state index is 12.7. The van der Waals surface area contributed by atoms with Crippen LogP contribution in [0.15, 0.2) is 54.6 Å². The normalized spacial score (nSPS) is 12.8. The zero-order valence-electron chi connectivity index (χ0n) is 19.3. The summed E-state index contributed by atoms with van der Waals surface area (Å²) in [5, 5.41) is 5.34. The SMILES string of the molecule is CC(C)Oc1cccc(N(CCCC(=O)Nc2ccc3c4c(cccc24)CC3)S(C)(=O)=O)c1. The molecule has 0 heterocycles. The van der Waals surface area contributed by atoms with Gasteiger partial charge in [-0.05, 0) is 67.8 Å². The molecule has 0 unspecified atom stereocenters. The first-order valence-corrected chi connectivity index (χ1v) is 13.1. The van der Waals surface area contributed by atoms with Crippen LogP contribution in [0.4, 0.5) is 11.4 Å². The number of anilines is 2. The fourth-order valence-electron chi connectivity index (χ4n) is 4.42. The highest BCUT2D eigenvalue weighted by Gasteiger charge is 2.19. The number of nitrogens with zero attached hydrogens (tertiary/aromatic N) is 1. The van der Waals surface area contributed by atoms with Gasteiger partial charge < -0.3 is 10.1 Å². The second kappa shape index (κ2) is 9.43. The number of nitrogens with one attached hydrogen (secondary N) is 1. The van der Waals surface area contributed by atoms with Crippen LogP contribution in [0.5, 0.6) is 5.75 Å². The minimum atomic E-state index is -3.51. The van der Waals surface area contributed by atoms with Gasteiger partial charge in [-0.2, -0.15) is 0 Å². The summed E-state index contributed by atoms with van der Waals surface area (Å²) in [6.07, 6.45) is 3.85. The third kappa shape index (κ3) is 5.30. The summed E-state index contributed by atoms with van der Waals surface area (Å²) in [6, 6.07) is 17.3. The van der Waals surface area contributed by atoms with Gasteiger partial charge in [0, 0.05) is 30.1 Å². The van der Waals surface area contributed by atoms with Crippen LogP contribution >= 0.6 is 0 Å². The first-order valence-electron chi connectivity index (χ1n) is 11.3. The lowest BCUT2D eigenvalue weighted by molar-refractivity contribution is -0.116. The van der Waals surface area contributed by atoms with Gasteiger partial charge in [0.2, 0.25) is 15.9 Å². The van der Waals surface area contributed by atoms with Gasteiger partial charge in [-0.1, -0.05) is 30.3 Å². The molecule has 3 aromatic rings. The quantitative estimate of drug-likeness (QED) is 0.486. The molecule has 0 fully saturated rings. The molecule has 1 N–H and O–H groups in total. The first-order chi connectivity index (χ1) is 15.7. The Kier molecular flexibility index (Phi) is 6.61. The third-order valence-corrected chi connectivity index (χ3v) is 6.99. The molecule has 0 spiro atoms. The second-order valence-electron chi connectivity index (χ2n) is 8.76. The van der Waals surface area contributed by atoms with Gasteiger partial charge in [0.1, 0.15) is 5.75 Å². The number of hydrogen-bond acceptors (Lipinski definition) is 4. The van der Waals surface area contributed by atoms with Gasteiger partial charge in [0.15, 0.2) is 0 Å². The highest BCUT2D eigenvalue weighted by Crippen LogP contribution is 2.35. The molecule has 0 saturated heterocycles. The molecule has 7 heteroatoms. The van der Waals surface area contributed by atoms with Crippen molar-refractivity contribution in [2.24, 2.45) is 0 Å². The van der Waals surface area contributed by atoms with E-state index in [1.165, 1.54) is 27.1 Å². The first kappa shape index (κ1) is 23.1. The van der Waals surface area contributed by atoms with Crippen molar-refractivity contribution in [1.82, 2.24) is 0 Å². The highest BCUT2D eigenvalue weighted by molar-refractivity contribution is 7.92. The van der Waals surface area contributed by atoms with Crippen LogP contribution < -0.4 is 14.4 Å². The van der Waals surface area contributed by atoms with E-state index in [1.54, 1.807) is 24.3 Å². The summed E-state index contributed by atoms with van der Waals surface area (Å²) in [6.45, 7) is 4.05. The molecule has 0 aromatic heterocycles. The van der Waals surface area contributed by atoms with E-state index in [4.69, 9.17) is 4.74 Å². The number of benzene rings is 3. The Labute approximate surface area is 195 Å². The van der Waals surface area contributed by atoms with Gasteiger partial charge in [0.25, 0.3) is 0 Å². The minimum absolute atomic E-state index is 0.0125. The Bertz CT molecular complexity index is 1270. The molecule has 0 atom stereocenters.